The SMILES string of the molecule is COc1cc(CC(=O)O)nc(C(F)F)c1[N+](=O)[O-]. The van der Waals surface area contributed by atoms with Gasteiger partial charge in [0.25, 0.3) is 6.43 Å². The number of hydrogen-bond donors (Lipinski definition) is 1. The van der Waals surface area contributed by atoms with Crippen LogP contribution < -0.4 is 4.74 Å². The van der Waals surface area contributed by atoms with Crippen molar-refractivity contribution < 1.29 is 28.3 Å². The molecule has 0 fully saturated rings. The van der Waals surface area contributed by atoms with Crippen LogP contribution in [0.1, 0.15) is 17.8 Å². The van der Waals surface area contributed by atoms with E-state index in [1.807, 2.05) is 0 Å². The minimum absolute atomic E-state index is 0.236. The predicted molar refractivity (Wildman–Crippen MR) is 53.7 cm³/mol. The summed E-state index contributed by atoms with van der Waals surface area (Å²) in [7, 11) is 1.06. The van der Waals surface area contributed by atoms with E-state index in [9.17, 15) is 23.7 Å². The van der Waals surface area contributed by atoms with Crippen molar-refractivity contribution in [3.8, 4) is 5.75 Å². The number of hydrogen-bond acceptors (Lipinski definition) is 5. The molecule has 0 saturated heterocycles. The first-order chi connectivity index (χ1) is 8.36. The smallest absolute Gasteiger partial charge is 0.338 e. The molecule has 0 amide bonds. The molecule has 1 aromatic heterocycles. The van der Waals surface area contributed by atoms with Gasteiger partial charge in [0.1, 0.15) is 0 Å². The average Bonchev–Trinajstić information content (AvgIpc) is 2.26. The molecule has 0 spiro atoms. The number of carboxylic acids is 1. The number of alkyl halides is 2. The van der Waals surface area contributed by atoms with Crippen molar-refractivity contribution in [2.75, 3.05) is 7.11 Å². The lowest BCUT2D eigenvalue weighted by atomic mass is 10.2. The van der Waals surface area contributed by atoms with Gasteiger partial charge in [-0.1, -0.05) is 0 Å². The summed E-state index contributed by atoms with van der Waals surface area (Å²) in [5.74, 6) is -1.74. The van der Waals surface area contributed by atoms with Gasteiger partial charge >= 0.3 is 11.7 Å². The molecule has 0 aliphatic carbocycles. The number of carboxylic acid groups (broad SMARTS) is 1. The second-order valence-electron chi connectivity index (χ2n) is 3.18. The normalized spacial score (nSPS) is 10.4. The van der Waals surface area contributed by atoms with E-state index in [0.717, 1.165) is 13.2 Å². The van der Waals surface area contributed by atoms with Gasteiger partial charge in [-0.05, 0) is 0 Å². The largest absolute Gasteiger partial charge is 0.490 e. The average molecular weight is 262 g/mol. The second kappa shape index (κ2) is 5.34. The maximum Gasteiger partial charge on any atom is 0.338 e. The first kappa shape index (κ1) is 13.7. The Labute approximate surface area is 99.2 Å². The summed E-state index contributed by atoms with van der Waals surface area (Å²) in [4.78, 5) is 23.4. The summed E-state index contributed by atoms with van der Waals surface area (Å²) in [6.07, 6.45) is -3.83. The molecule has 0 aliphatic rings. The van der Waals surface area contributed by atoms with Gasteiger partial charge < -0.3 is 9.84 Å². The van der Waals surface area contributed by atoms with Crippen LogP contribution in [0.25, 0.3) is 0 Å². The topological polar surface area (TPSA) is 103 Å². The summed E-state index contributed by atoms with van der Waals surface area (Å²) in [6, 6.07) is 0.956. The van der Waals surface area contributed by atoms with E-state index in [1.165, 1.54) is 0 Å². The number of halogens is 2. The molecule has 1 N–H and O–H groups in total. The predicted octanol–water partition coefficient (Wildman–Crippen LogP) is 1.56. The summed E-state index contributed by atoms with van der Waals surface area (Å²) in [5, 5.41) is 19.2. The molecular weight excluding hydrogens is 254 g/mol. The molecule has 0 radical (unpaired) electrons. The zero-order valence-electron chi connectivity index (χ0n) is 9.09. The molecule has 0 atom stereocenters. The maximum atomic E-state index is 12.7. The lowest BCUT2D eigenvalue weighted by molar-refractivity contribution is -0.387. The van der Waals surface area contributed by atoms with E-state index < -0.39 is 40.9 Å². The Morgan fingerprint density at radius 3 is 2.67 bits per heavy atom. The van der Waals surface area contributed by atoms with Gasteiger partial charge in [-0.15, -0.1) is 0 Å². The van der Waals surface area contributed by atoms with Crippen LogP contribution in [0.15, 0.2) is 6.07 Å². The fourth-order valence-electron chi connectivity index (χ4n) is 1.32. The molecule has 1 aromatic rings. The molecule has 0 aromatic carbocycles. The van der Waals surface area contributed by atoms with Crippen LogP contribution in [-0.2, 0) is 11.2 Å². The highest BCUT2D eigenvalue weighted by Crippen LogP contribution is 2.35. The van der Waals surface area contributed by atoms with Crippen LogP contribution in [0.3, 0.4) is 0 Å². The Kier molecular flexibility index (Phi) is 4.08. The zero-order chi connectivity index (χ0) is 13.9. The summed E-state index contributed by atoms with van der Waals surface area (Å²) >= 11 is 0. The molecule has 0 saturated carbocycles. The highest BCUT2D eigenvalue weighted by molar-refractivity contribution is 5.70. The second-order valence-corrected chi connectivity index (χ2v) is 3.18. The van der Waals surface area contributed by atoms with Gasteiger partial charge in [0.2, 0.25) is 5.75 Å². The number of pyridine rings is 1. The number of aromatic nitrogens is 1. The Bertz CT molecular complexity index is 492. The molecule has 0 aliphatic heterocycles. The van der Waals surface area contributed by atoms with E-state index in [2.05, 4.69) is 9.72 Å². The standard InChI is InChI=1S/C9H8F2N2O5/c1-18-5-2-4(3-6(14)15)12-7(9(10)11)8(5)13(16)17/h2,9H,3H2,1H3,(H,14,15). The van der Waals surface area contributed by atoms with Crippen LogP contribution in [0.5, 0.6) is 5.75 Å². The number of methoxy groups -OCH3 is 1. The maximum absolute atomic E-state index is 12.7. The van der Waals surface area contributed by atoms with Gasteiger partial charge in [0.15, 0.2) is 5.69 Å². The lowest BCUT2D eigenvalue weighted by Gasteiger charge is -2.08. The van der Waals surface area contributed by atoms with Crippen LogP contribution in [0, 0.1) is 10.1 Å². The number of nitrogens with zero attached hydrogens (tertiary/aromatic N) is 2. The molecule has 9 heteroatoms. The first-order valence-corrected chi connectivity index (χ1v) is 4.59. The monoisotopic (exact) mass is 262 g/mol. The molecule has 7 nitrogen and oxygen atoms in total. The minimum Gasteiger partial charge on any atom is -0.490 e. The van der Waals surface area contributed by atoms with Crippen molar-refractivity contribution in [1.29, 1.82) is 0 Å². The molecule has 98 valence electrons. The summed E-state index contributed by atoms with van der Waals surface area (Å²) in [6.45, 7) is 0. The fourth-order valence-corrected chi connectivity index (χ4v) is 1.32. The quantitative estimate of drug-likeness (QED) is 0.638. The Morgan fingerprint density at radius 2 is 2.28 bits per heavy atom. The van der Waals surface area contributed by atoms with E-state index >= 15 is 0 Å². The van der Waals surface area contributed by atoms with Crippen molar-refractivity contribution in [2.45, 2.75) is 12.8 Å². The minimum atomic E-state index is -3.20. The number of ether oxygens (including phenoxy) is 1. The van der Waals surface area contributed by atoms with Crippen LogP contribution in [0.4, 0.5) is 14.5 Å². The number of carbonyl (C=O) groups is 1. The fraction of sp³-hybridized carbons (Fsp3) is 0.333. The van der Waals surface area contributed by atoms with E-state index in [0.29, 0.717) is 0 Å². The molecule has 1 rings (SSSR count). The van der Waals surface area contributed by atoms with E-state index in [1.54, 1.807) is 0 Å². The van der Waals surface area contributed by atoms with E-state index in [-0.39, 0.29) is 5.69 Å². The summed E-state index contributed by atoms with van der Waals surface area (Å²) < 4.78 is 29.9. The lowest BCUT2D eigenvalue weighted by Crippen LogP contribution is -2.08. The molecule has 1 heterocycles. The number of aliphatic carboxylic acids is 1. The van der Waals surface area contributed by atoms with Crippen molar-refractivity contribution >= 4 is 11.7 Å². The van der Waals surface area contributed by atoms with Crippen LogP contribution >= 0.6 is 0 Å². The van der Waals surface area contributed by atoms with Gasteiger partial charge in [-0.3, -0.25) is 14.9 Å². The summed E-state index contributed by atoms with van der Waals surface area (Å²) in [5.41, 5.74) is -2.29. The Hall–Kier alpha value is -2.32. The van der Waals surface area contributed by atoms with Gasteiger partial charge in [0, 0.05) is 6.07 Å². The van der Waals surface area contributed by atoms with Crippen molar-refractivity contribution in [3.63, 3.8) is 0 Å². The zero-order valence-corrected chi connectivity index (χ0v) is 9.09. The number of rotatable bonds is 5. The van der Waals surface area contributed by atoms with Gasteiger partial charge in [-0.25, -0.2) is 13.8 Å². The van der Waals surface area contributed by atoms with Crippen molar-refractivity contribution in [2.24, 2.45) is 0 Å². The number of nitro groups is 1. The van der Waals surface area contributed by atoms with Crippen LogP contribution in [0.2, 0.25) is 0 Å². The molecule has 0 bridgehead atoms. The highest BCUT2D eigenvalue weighted by atomic mass is 19.3. The highest BCUT2D eigenvalue weighted by Gasteiger charge is 2.29. The third-order valence-corrected chi connectivity index (χ3v) is 1.98. The van der Waals surface area contributed by atoms with Gasteiger partial charge in [0.05, 0.1) is 24.1 Å². The Morgan fingerprint density at radius 1 is 1.67 bits per heavy atom. The first-order valence-electron chi connectivity index (χ1n) is 4.59. The third kappa shape index (κ3) is 2.87. The molecular formula is C9H8F2N2O5. The molecule has 18 heavy (non-hydrogen) atoms. The molecule has 0 unspecified atom stereocenters. The van der Waals surface area contributed by atoms with E-state index in [4.69, 9.17) is 5.11 Å². The van der Waals surface area contributed by atoms with Crippen molar-refractivity contribution in [3.05, 3.63) is 27.6 Å². The van der Waals surface area contributed by atoms with Gasteiger partial charge in [-0.2, -0.15) is 0 Å². The van der Waals surface area contributed by atoms with Crippen LogP contribution in [-0.4, -0.2) is 28.1 Å². The van der Waals surface area contributed by atoms with Crippen molar-refractivity contribution in [1.82, 2.24) is 4.98 Å². The third-order valence-electron chi connectivity index (χ3n) is 1.98. The Balaban J connectivity index is 3.43.